The first-order valence-electron chi connectivity index (χ1n) is 7.67. The molecule has 4 N–H and O–H groups in total. The predicted octanol–water partition coefficient (Wildman–Crippen LogP) is 2.01. The molecular weight excluding hydrogens is 322 g/mol. The van der Waals surface area contributed by atoms with Crippen molar-refractivity contribution in [3.63, 3.8) is 0 Å². The summed E-state index contributed by atoms with van der Waals surface area (Å²) in [6.07, 6.45) is -0.735. The summed E-state index contributed by atoms with van der Waals surface area (Å²) in [5.74, 6) is 5.39. The van der Waals surface area contributed by atoms with Crippen molar-refractivity contribution in [2.45, 2.75) is 20.0 Å². The van der Waals surface area contributed by atoms with Crippen molar-refractivity contribution in [2.75, 3.05) is 12.4 Å². The van der Waals surface area contributed by atoms with Gasteiger partial charge < -0.3 is 14.8 Å². The van der Waals surface area contributed by atoms with Gasteiger partial charge in [0.15, 0.2) is 6.10 Å². The summed E-state index contributed by atoms with van der Waals surface area (Å²) < 4.78 is 10.7. The highest BCUT2D eigenvalue weighted by Gasteiger charge is 2.14. The molecule has 1 atom stereocenters. The molecule has 0 aliphatic heterocycles. The number of nitrogens with one attached hydrogen (secondary N) is 2. The number of amides is 2. The van der Waals surface area contributed by atoms with Crippen molar-refractivity contribution >= 4 is 17.5 Å². The molecule has 0 fully saturated rings. The van der Waals surface area contributed by atoms with Gasteiger partial charge in [-0.3, -0.25) is 15.0 Å². The Hall–Kier alpha value is -3.06. The van der Waals surface area contributed by atoms with Crippen LogP contribution < -0.4 is 26.1 Å². The van der Waals surface area contributed by atoms with Crippen LogP contribution in [0.2, 0.25) is 0 Å². The fourth-order valence-electron chi connectivity index (χ4n) is 2.17. The number of rotatable bonds is 6. The zero-order chi connectivity index (χ0) is 18.4. The molecule has 25 heavy (non-hydrogen) atoms. The molecule has 2 aromatic rings. The number of benzene rings is 2. The second kappa shape index (κ2) is 8.16. The molecule has 0 saturated heterocycles. The normalized spacial score (nSPS) is 11.4. The number of methoxy groups -OCH3 is 1. The van der Waals surface area contributed by atoms with Gasteiger partial charge in [-0.1, -0.05) is 6.07 Å². The van der Waals surface area contributed by atoms with Crippen LogP contribution >= 0.6 is 0 Å². The first-order valence-corrected chi connectivity index (χ1v) is 7.67. The quantitative estimate of drug-likeness (QED) is 0.423. The van der Waals surface area contributed by atoms with Gasteiger partial charge in [0.25, 0.3) is 11.8 Å². The summed E-state index contributed by atoms with van der Waals surface area (Å²) in [7, 11) is 1.55. The van der Waals surface area contributed by atoms with Gasteiger partial charge in [0.05, 0.1) is 12.8 Å². The van der Waals surface area contributed by atoms with Crippen molar-refractivity contribution in [3.8, 4) is 11.5 Å². The Bertz CT molecular complexity index is 759. The van der Waals surface area contributed by atoms with Gasteiger partial charge >= 0.3 is 0 Å². The molecule has 0 radical (unpaired) electrons. The topological polar surface area (TPSA) is 103 Å². The van der Waals surface area contributed by atoms with Crippen LogP contribution in [0, 0.1) is 6.92 Å². The maximum atomic E-state index is 12.4. The largest absolute Gasteiger partial charge is 0.495 e. The molecule has 2 amide bonds. The van der Waals surface area contributed by atoms with Crippen LogP contribution in [0.25, 0.3) is 0 Å². The van der Waals surface area contributed by atoms with Gasteiger partial charge in [-0.25, -0.2) is 5.84 Å². The maximum absolute atomic E-state index is 12.4. The number of carbonyl (C=O) groups excluding carboxylic acids is 2. The maximum Gasteiger partial charge on any atom is 0.274 e. The molecule has 1 unspecified atom stereocenters. The third kappa shape index (κ3) is 4.71. The zero-order valence-corrected chi connectivity index (χ0v) is 14.3. The Morgan fingerprint density at radius 2 is 1.80 bits per heavy atom. The smallest absolute Gasteiger partial charge is 0.274 e. The van der Waals surface area contributed by atoms with E-state index in [9.17, 15) is 9.59 Å². The molecule has 7 heteroatoms. The van der Waals surface area contributed by atoms with E-state index in [1.165, 1.54) is 0 Å². The number of anilines is 1. The standard InChI is InChI=1S/C18H21N3O4/c1-11-4-9-16(24-3)15(10-11)20-18(23)13-5-7-14(8-6-13)25-12(2)17(22)21-19/h4-10,12H,19H2,1-3H3,(H,20,23)(H,21,22). The van der Waals surface area contributed by atoms with Crippen LogP contribution in [0.15, 0.2) is 42.5 Å². The highest BCUT2D eigenvalue weighted by atomic mass is 16.5. The summed E-state index contributed by atoms with van der Waals surface area (Å²) >= 11 is 0. The molecule has 132 valence electrons. The SMILES string of the molecule is COc1ccc(C)cc1NC(=O)c1ccc(OC(C)C(=O)NN)cc1. The molecule has 0 saturated carbocycles. The van der Waals surface area contributed by atoms with Crippen molar-refractivity contribution in [1.82, 2.24) is 5.43 Å². The minimum Gasteiger partial charge on any atom is -0.495 e. The highest BCUT2D eigenvalue weighted by molar-refractivity contribution is 6.05. The molecule has 2 aromatic carbocycles. The number of nitrogens with two attached hydrogens (primary N) is 1. The Labute approximate surface area is 146 Å². The lowest BCUT2D eigenvalue weighted by Crippen LogP contribution is -2.40. The molecule has 2 rings (SSSR count). The van der Waals surface area contributed by atoms with E-state index in [1.807, 2.05) is 24.5 Å². The van der Waals surface area contributed by atoms with Crippen LogP contribution in [0.5, 0.6) is 11.5 Å². The highest BCUT2D eigenvalue weighted by Crippen LogP contribution is 2.26. The second-order valence-corrected chi connectivity index (χ2v) is 5.45. The lowest BCUT2D eigenvalue weighted by atomic mass is 10.1. The average Bonchev–Trinajstić information content (AvgIpc) is 2.61. The third-order valence-corrected chi connectivity index (χ3v) is 3.54. The van der Waals surface area contributed by atoms with Gasteiger partial charge in [-0.15, -0.1) is 0 Å². The first kappa shape index (κ1) is 18.3. The van der Waals surface area contributed by atoms with Crippen LogP contribution in [0.4, 0.5) is 5.69 Å². The van der Waals surface area contributed by atoms with E-state index >= 15 is 0 Å². The van der Waals surface area contributed by atoms with Crippen molar-refractivity contribution in [3.05, 3.63) is 53.6 Å². The molecule has 0 aliphatic carbocycles. The minimum absolute atomic E-state index is 0.275. The monoisotopic (exact) mass is 343 g/mol. The van der Waals surface area contributed by atoms with E-state index in [0.29, 0.717) is 22.7 Å². The molecular formula is C18H21N3O4. The van der Waals surface area contributed by atoms with Crippen LogP contribution in [-0.4, -0.2) is 25.0 Å². The number of aryl methyl sites for hydroxylation is 1. The van der Waals surface area contributed by atoms with E-state index < -0.39 is 12.0 Å². The zero-order valence-electron chi connectivity index (χ0n) is 14.3. The summed E-state index contributed by atoms with van der Waals surface area (Å²) in [5, 5.41) is 2.82. The van der Waals surface area contributed by atoms with Crippen LogP contribution in [-0.2, 0) is 4.79 Å². The molecule has 0 heterocycles. The Morgan fingerprint density at radius 3 is 2.40 bits per heavy atom. The fraction of sp³-hybridized carbons (Fsp3) is 0.222. The summed E-state index contributed by atoms with van der Waals surface area (Å²) in [6, 6.07) is 12.0. The summed E-state index contributed by atoms with van der Waals surface area (Å²) in [4.78, 5) is 23.7. The summed E-state index contributed by atoms with van der Waals surface area (Å²) in [6.45, 7) is 3.51. The van der Waals surface area contributed by atoms with Crippen LogP contribution in [0.3, 0.4) is 0 Å². The number of hydrogen-bond donors (Lipinski definition) is 3. The lowest BCUT2D eigenvalue weighted by Gasteiger charge is -2.14. The number of hydrogen-bond acceptors (Lipinski definition) is 5. The molecule has 0 bridgehead atoms. The Kier molecular flexibility index (Phi) is 5.97. The second-order valence-electron chi connectivity index (χ2n) is 5.45. The van der Waals surface area contributed by atoms with E-state index in [0.717, 1.165) is 5.56 Å². The number of ether oxygens (including phenoxy) is 2. The minimum atomic E-state index is -0.735. The van der Waals surface area contributed by atoms with Crippen LogP contribution in [0.1, 0.15) is 22.8 Å². The van der Waals surface area contributed by atoms with E-state index in [1.54, 1.807) is 44.4 Å². The van der Waals surface area contributed by atoms with Crippen molar-refractivity contribution in [2.24, 2.45) is 5.84 Å². The molecule has 7 nitrogen and oxygen atoms in total. The van der Waals surface area contributed by atoms with Gasteiger partial charge in [-0.05, 0) is 55.8 Å². The first-order chi connectivity index (χ1) is 11.9. The fourth-order valence-corrected chi connectivity index (χ4v) is 2.17. The van der Waals surface area contributed by atoms with Crippen molar-refractivity contribution < 1.29 is 19.1 Å². The predicted molar refractivity (Wildman–Crippen MR) is 94.5 cm³/mol. The Balaban J connectivity index is 2.08. The Morgan fingerprint density at radius 1 is 1.12 bits per heavy atom. The van der Waals surface area contributed by atoms with Gasteiger partial charge in [-0.2, -0.15) is 0 Å². The van der Waals surface area contributed by atoms with Gasteiger partial charge in [0, 0.05) is 5.56 Å². The third-order valence-electron chi connectivity index (χ3n) is 3.54. The number of hydrazine groups is 1. The summed E-state index contributed by atoms with van der Waals surface area (Å²) in [5.41, 5.74) is 4.07. The van der Waals surface area contributed by atoms with Gasteiger partial charge in [0.1, 0.15) is 11.5 Å². The number of carbonyl (C=O) groups is 2. The molecule has 0 aliphatic rings. The lowest BCUT2D eigenvalue weighted by molar-refractivity contribution is -0.127. The van der Waals surface area contributed by atoms with Gasteiger partial charge in [0.2, 0.25) is 0 Å². The van der Waals surface area contributed by atoms with Crippen molar-refractivity contribution in [1.29, 1.82) is 0 Å². The molecule has 0 spiro atoms. The van der Waals surface area contributed by atoms with E-state index in [-0.39, 0.29) is 5.91 Å². The average molecular weight is 343 g/mol. The molecule has 0 aromatic heterocycles. The van der Waals surface area contributed by atoms with E-state index in [4.69, 9.17) is 15.3 Å². The van der Waals surface area contributed by atoms with E-state index in [2.05, 4.69) is 5.32 Å².